The van der Waals surface area contributed by atoms with E-state index in [1.165, 1.54) is 12.8 Å². The highest BCUT2D eigenvalue weighted by Gasteiger charge is 2.26. The predicted octanol–water partition coefficient (Wildman–Crippen LogP) is 2.59. The molecular formula is C16H27NO3. The summed E-state index contributed by atoms with van der Waals surface area (Å²) < 4.78 is 11.1. The van der Waals surface area contributed by atoms with E-state index >= 15 is 0 Å². The summed E-state index contributed by atoms with van der Waals surface area (Å²) in [6.45, 7) is 8.78. The maximum Gasteiger partial charge on any atom is 0.118 e. The molecule has 0 unspecified atom stereocenters. The van der Waals surface area contributed by atoms with Gasteiger partial charge in [-0.25, -0.2) is 0 Å². The number of aliphatic hydroxyl groups excluding tert-OH is 1. The molecule has 1 heterocycles. The Morgan fingerprint density at radius 2 is 2.15 bits per heavy atom. The first-order chi connectivity index (χ1) is 9.52. The van der Waals surface area contributed by atoms with E-state index in [2.05, 4.69) is 4.90 Å². The molecule has 2 rings (SSSR count). The van der Waals surface area contributed by atoms with Gasteiger partial charge in [-0.3, -0.25) is 4.90 Å². The molecule has 20 heavy (non-hydrogen) atoms. The molecule has 0 spiro atoms. The summed E-state index contributed by atoms with van der Waals surface area (Å²) in [4.78, 5) is 2.28. The van der Waals surface area contributed by atoms with Crippen LogP contribution in [-0.4, -0.2) is 41.9 Å². The topological polar surface area (TPSA) is 45.8 Å². The van der Waals surface area contributed by atoms with Crippen molar-refractivity contribution in [3.05, 3.63) is 23.7 Å². The fourth-order valence-corrected chi connectivity index (χ4v) is 2.31. The lowest BCUT2D eigenvalue weighted by Crippen LogP contribution is -2.36. The molecule has 0 amide bonds. The Morgan fingerprint density at radius 3 is 2.70 bits per heavy atom. The van der Waals surface area contributed by atoms with Gasteiger partial charge in [-0.2, -0.15) is 0 Å². The summed E-state index contributed by atoms with van der Waals surface area (Å²) >= 11 is 0. The Hall–Kier alpha value is -0.840. The first kappa shape index (κ1) is 15.5. The molecule has 4 heteroatoms. The average Bonchev–Trinajstić information content (AvgIpc) is 3.09. The van der Waals surface area contributed by atoms with Crippen molar-refractivity contribution in [1.82, 2.24) is 4.90 Å². The highest BCUT2D eigenvalue weighted by atomic mass is 16.5. The van der Waals surface area contributed by atoms with E-state index in [0.717, 1.165) is 30.5 Å². The number of rotatable bonds is 9. The van der Waals surface area contributed by atoms with Gasteiger partial charge in [0.15, 0.2) is 0 Å². The zero-order valence-electron chi connectivity index (χ0n) is 12.8. The molecule has 1 saturated carbocycles. The zero-order valence-corrected chi connectivity index (χ0v) is 12.8. The van der Waals surface area contributed by atoms with Gasteiger partial charge in [-0.15, -0.1) is 0 Å². The monoisotopic (exact) mass is 281 g/mol. The first-order valence-electron chi connectivity index (χ1n) is 7.60. The van der Waals surface area contributed by atoms with Crippen LogP contribution in [0.15, 0.2) is 16.5 Å². The largest absolute Gasteiger partial charge is 0.465 e. The SMILES string of the molecule is Cc1ccc(CN(CC2CC2)C[C@H](O)COC(C)C)o1. The van der Waals surface area contributed by atoms with Crippen LogP contribution < -0.4 is 0 Å². The molecule has 0 saturated heterocycles. The van der Waals surface area contributed by atoms with E-state index in [4.69, 9.17) is 9.15 Å². The fourth-order valence-electron chi connectivity index (χ4n) is 2.31. The van der Waals surface area contributed by atoms with Crippen molar-refractivity contribution >= 4 is 0 Å². The molecule has 0 bridgehead atoms. The third-order valence-electron chi connectivity index (χ3n) is 3.48. The summed E-state index contributed by atoms with van der Waals surface area (Å²) in [5, 5.41) is 10.1. The zero-order chi connectivity index (χ0) is 14.5. The highest BCUT2D eigenvalue weighted by molar-refractivity contribution is 5.05. The third kappa shape index (κ3) is 5.65. The van der Waals surface area contributed by atoms with Crippen LogP contribution in [0.3, 0.4) is 0 Å². The van der Waals surface area contributed by atoms with Crippen molar-refractivity contribution in [1.29, 1.82) is 0 Å². The van der Waals surface area contributed by atoms with Gasteiger partial charge in [0.05, 0.1) is 25.4 Å². The van der Waals surface area contributed by atoms with Crippen LogP contribution in [0.1, 0.15) is 38.2 Å². The predicted molar refractivity (Wildman–Crippen MR) is 78.5 cm³/mol. The highest BCUT2D eigenvalue weighted by Crippen LogP contribution is 2.30. The van der Waals surface area contributed by atoms with Crippen molar-refractivity contribution in [2.24, 2.45) is 5.92 Å². The van der Waals surface area contributed by atoms with E-state index in [-0.39, 0.29) is 6.10 Å². The Morgan fingerprint density at radius 1 is 1.40 bits per heavy atom. The molecule has 1 aliphatic carbocycles. The van der Waals surface area contributed by atoms with Gasteiger partial charge in [0.1, 0.15) is 11.5 Å². The van der Waals surface area contributed by atoms with Gasteiger partial charge in [-0.05, 0) is 51.7 Å². The maximum absolute atomic E-state index is 10.1. The molecular weight excluding hydrogens is 254 g/mol. The van der Waals surface area contributed by atoms with Crippen LogP contribution in [0.4, 0.5) is 0 Å². The van der Waals surface area contributed by atoms with E-state index in [1.807, 2.05) is 32.9 Å². The van der Waals surface area contributed by atoms with Crippen molar-refractivity contribution in [3.63, 3.8) is 0 Å². The van der Waals surface area contributed by atoms with Crippen LogP contribution in [0.25, 0.3) is 0 Å². The molecule has 1 N–H and O–H groups in total. The number of aryl methyl sites for hydroxylation is 1. The Kier molecular flexibility index (Phi) is 5.64. The molecule has 0 aliphatic heterocycles. The van der Waals surface area contributed by atoms with Crippen molar-refractivity contribution in [2.75, 3.05) is 19.7 Å². The number of aliphatic hydroxyl groups is 1. The summed E-state index contributed by atoms with van der Waals surface area (Å²) in [6, 6.07) is 4.01. The Balaban J connectivity index is 1.82. The summed E-state index contributed by atoms with van der Waals surface area (Å²) in [5.74, 6) is 2.71. The third-order valence-corrected chi connectivity index (χ3v) is 3.48. The molecule has 1 aromatic heterocycles. The lowest BCUT2D eigenvalue weighted by molar-refractivity contribution is -0.0108. The molecule has 4 nitrogen and oxygen atoms in total. The molecule has 0 radical (unpaired) electrons. The molecule has 1 aromatic rings. The fraction of sp³-hybridized carbons (Fsp3) is 0.750. The minimum absolute atomic E-state index is 0.161. The van der Waals surface area contributed by atoms with E-state index in [9.17, 15) is 5.11 Å². The van der Waals surface area contributed by atoms with Crippen molar-refractivity contribution < 1.29 is 14.3 Å². The van der Waals surface area contributed by atoms with Gasteiger partial charge < -0.3 is 14.3 Å². The van der Waals surface area contributed by atoms with Gasteiger partial charge in [0, 0.05) is 13.1 Å². The first-order valence-corrected chi connectivity index (χ1v) is 7.60. The second-order valence-corrected chi connectivity index (χ2v) is 6.19. The van der Waals surface area contributed by atoms with E-state index in [1.54, 1.807) is 0 Å². The Labute approximate surface area is 121 Å². The lowest BCUT2D eigenvalue weighted by atomic mass is 10.2. The number of furan rings is 1. The second kappa shape index (κ2) is 7.25. The lowest BCUT2D eigenvalue weighted by Gasteiger charge is -2.24. The van der Waals surface area contributed by atoms with E-state index < -0.39 is 6.10 Å². The minimum atomic E-state index is -0.438. The normalized spacial score (nSPS) is 17.1. The minimum Gasteiger partial charge on any atom is -0.465 e. The Bertz CT molecular complexity index is 398. The number of hydrogen-bond donors (Lipinski definition) is 1. The van der Waals surface area contributed by atoms with Crippen LogP contribution in [0, 0.1) is 12.8 Å². The number of hydrogen-bond acceptors (Lipinski definition) is 4. The number of nitrogens with zero attached hydrogens (tertiary/aromatic N) is 1. The van der Waals surface area contributed by atoms with Crippen molar-refractivity contribution in [2.45, 2.75) is 52.4 Å². The summed E-state index contributed by atoms with van der Waals surface area (Å²) in [7, 11) is 0. The smallest absolute Gasteiger partial charge is 0.118 e. The van der Waals surface area contributed by atoms with Gasteiger partial charge in [-0.1, -0.05) is 0 Å². The van der Waals surface area contributed by atoms with Crippen molar-refractivity contribution in [3.8, 4) is 0 Å². The maximum atomic E-state index is 10.1. The average molecular weight is 281 g/mol. The molecule has 1 fully saturated rings. The van der Waals surface area contributed by atoms with Gasteiger partial charge in [0.25, 0.3) is 0 Å². The standard InChI is InChI=1S/C16H27NO3/c1-12(2)19-11-15(18)9-17(8-14-5-6-14)10-16-7-4-13(3)20-16/h4,7,12,14-15,18H,5-6,8-11H2,1-3H3/t15-/m0/s1. The van der Waals surface area contributed by atoms with Crippen LogP contribution >= 0.6 is 0 Å². The quantitative estimate of drug-likeness (QED) is 0.755. The van der Waals surface area contributed by atoms with Gasteiger partial charge in [0.2, 0.25) is 0 Å². The second-order valence-electron chi connectivity index (χ2n) is 6.19. The molecule has 0 aromatic carbocycles. The number of ether oxygens (including phenoxy) is 1. The molecule has 1 atom stereocenters. The van der Waals surface area contributed by atoms with Crippen LogP contribution in [0.5, 0.6) is 0 Å². The summed E-state index contributed by atoms with van der Waals surface area (Å²) in [5.41, 5.74) is 0. The molecule has 1 aliphatic rings. The summed E-state index contributed by atoms with van der Waals surface area (Å²) in [6.07, 6.45) is 2.35. The van der Waals surface area contributed by atoms with E-state index in [0.29, 0.717) is 13.2 Å². The molecule has 114 valence electrons. The van der Waals surface area contributed by atoms with Gasteiger partial charge >= 0.3 is 0 Å². The van der Waals surface area contributed by atoms with Crippen LogP contribution in [-0.2, 0) is 11.3 Å². The van der Waals surface area contributed by atoms with Crippen LogP contribution in [0.2, 0.25) is 0 Å².